The van der Waals surface area contributed by atoms with Gasteiger partial charge in [-0.3, -0.25) is 0 Å². The number of thiazole rings is 1. The summed E-state index contributed by atoms with van der Waals surface area (Å²) in [6, 6.07) is 0. The third-order valence-corrected chi connectivity index (χ3v) is 3.82. The number of hydrogen-bond acceptors (Lipinski definition) is 2. The molecule has 0 aliphatic heterocycles. The molecule has 0 aliphatic rings. The smallest absolute Gasteiger partial charge is 0.108 e. The molecule has 0 amide bonds. The number of nitrogens with zero attached hydrogens (tertiary/aromatic N) is 1. The second-order valence-corrected chi connectivity index (χ2v) is 5.69. The minimum atomic E-state index is 0.544. The summed E-state index contributed by atoms with van der Waals surface area (Å²) in [6.07, 6.45) is 1.07. The van der Waals surface area contributed by atoms with Crippen LogP contribution in [0.1, 0.15) is 49.2 Å². The molecule has 1 aromatic rings. The van der Waals surface area contributed by atoms with Crippen LogP contribution in [0.2, 0.25) is 0 Å². The van der Waals surface area contributed by atoms with Crippen LogP contribution in [-0.2, 0) is 12.3 Å². The van der Waals surface area contributed by atoms with Crippen molar-refractivity contribution in [2.75, 3.05) is 0 Å². The van der Waals surface area contributed by atoms with Crippen molar-refractivity contribution in [3.05, 3.63) is 15.6 Å². The lowest BCUT2D eigenvalue weighted by Gasteiger charge is -2.06. The molecule has 0 aromatic carbocycles. The summed E-state index contributed by atoms with van der Waals surface area (Å²) >= 11 is 7.57. The largest absolute Gasteiger partial charge is 0.245 e. The van der Waals surface area contributed by atoms with E-state index in [9.17, 15) is 0 Å². The molecule has 1 heterocycles. The minimum Gasteiger partial charge on any atom is -0.245 e. The van der Waals surface area contributed by atoms with E-state index in [2.05, 4.69) is 32.7 Å². The molecule has 3 heteroatoms. The maximum absolute atomic E-state index is 5.80. The highest BCUT2D eigenvalue weighted by Crippen LogP contribution is 2.29. The van der Waals surface area contributed by atoms with Gasteiger partial charge in [-0.25, -0.2) is 4.98 Å². The molecule has 0 unspecified atom stereocenters. The lowest BCUT2D eigenvalue weighted by Crippen LogP contribution is -1.99. The van der Waals surface area contributed by atoms with Crippen LogP contribution in [0, 0.1) is 5.92 Å². The van der Waals surface area contributed by atoms with Gasteiger partial charge in [0, 0.05) is 4.88 Å². The Bertz CT molecular complexity index is 291. The summed E-state index contributed by atoms with van der Waals surface area (Å²) in [5.74, 6) is 1.78. The maximum atomic E-state index is 5.80. The number of aromatic nitrogens is 1. The first-order valence-electron chi connectivity index (χ1n) is 5.09. The lowest BCUT2D eigenvalue weighted by molar-refractivity contribution is 0.629. The maximum Gasteiger partial charge on any atom is 0.108 e. The van der Waals surface area contributed by atoms with Crippen molar-refractivity contribution in [2.45, 2.75) is 45.9 Å². The third-order valence-electron chi connectivity index (χ3n) is 2.01. The molecule has 1 aromatic heterocycles. The number of hydrogen-bond donors (Lipinski definition) is 0. The van der Waals surface area contributed by atoms with E-state index in [-0.39, 0.29) is 0 Å². The zero-order valence-electron chi connectivity index (χ0n) is 9.30. The van der Waals surface area contributed by atoms with E-state index in [1.54, 1.807) is 11.3 Å². The monoisotopic (exact) mass is 231 g/mol. The van der Waals surface area contributed by atoms with Crippen LogP contribution >= 0.6 is 22.9 Å². The molecular formula is C11H18ClNS. The second kappa shape index (κ2) is 5.13. The molecular weight excluding hydrogens is 214 g/mol. The lowest BCUT2D eigenvalue weighted by atomic mass is 10.0. The molecule has 0 aliphatic carbocycles. The Balaban J connectivity index is 2.93. The van der Waals surface area contributed by atoms with E-state index in [1.807, 2.05) is 0 Å². The molecule has 1 rings (SSSR count). The van der Waals surface area contributed by atoms with Crippen molar-refractivity contribution < 1.29 is 0 Å². The summed E-state index contributed by atoms with van der Waals surface area (Å²) in [6.45, 7) is 8.89. The highest BCUT2D eigenvalue weighted by molar-refractivity contribution is 7.12. The van der Waals surface area contributed by atoms with E-state index in [0.717, 1.165) is 11.4 Å². The number of halogens is 1. The zero-order chi connectivity index (χ0) is 10.7. The first kappa shape index (κ1) is 12.0. The standard InChI is InChI=1S/C11H18ClNS/c1-7(2)5-9-11(8(3)4)14-10(6-12)13-9/h7-8H,5-6H2,1-4H3. The highest BCUT2D eigenvalue weighted by atomic mass is 35.5. The Morgan fingerprint density at radius 3 is 2.36 bits per heavy atom. The van der Waals surface area contributed by atoms with Gasteiger partial charge in [-0.1, -0.05) is 27.7 Å². The SMILES string of the molecule is CC(C)Cc1nc(CCl)sc1C(C)C. The average Bonchev–Trinajstić information content (AvgIpc) is 2.46. The Labute approximate surface area is 95.5 Å². The molecule has 0 saturated carbocycles. The topological polar surface area (TPSA) is 12.9 Å². The fourth-order valence-corrected chi connectivity index (χ4v) is 2.63. The van der Waals surface area contributed by atoms with Gasteiger partial charge in [-0.05, 0) is 18.3 Å². The summed E-state index contributed by atoms with van der Waals surface area (Å²) < 4.78 is 0. The Morgan fingerprint density at radius 1 is 1.29 bits per heavy atom. The van der Waals surface area contributed by atoms with Gasteiger partial charge in [-0.2, -0.15) is 0 Å². The van der Waals surface area contributed by atoms with E-state index >= 15 is 0 Å². The fourth-order valence-electron chi connectivity index (χ4n) is 1.46. The van der Waals surface area contributed by atoms with Gasteiger partial charge in [0.15, 0.2) is 0 Å². The van der Waals surface area contributed by atoms with Gasteiger partial charge >= 0.3 is 0 Å². The van der Waals surface area contributed by atoms with Crippen molar-refractivity contribution in [1.29, 1.82) is 0 Å². The molecule has 80 valence electrons. The van der Waals surface area contributed by atoms with Crippen LogP contribution in [0.15, 0.2) is 0 Å². The highest BCUT2D eigenvalue weighted by Gasteiger charge is 2.14. The summed E-state index contributed by atoms with van der Waals surface area (Å²) in [5, 5.41) is 1.06. The van der Waals surface area contributed by atoms with Crippen molar-refractivity contribution in [2.24, 2.45) is 5.92 Å². The van der Waals surface area contributed by atoms with Gasteiger partial charge in [0.1, 0.15) is 5.01 Å². The third kappa shape index (κ3) is 2.96. The molecule has 1 nitrogen and oxygen atoms in total. The van der Waals surface area contributed by atoms with Crippen molar-refractivity contribution in [3.63, 3.8) is 0 Å². The number of alkyl halides is 1. The van der Waals surface area contributed by atoms with Crippen LogP contribution in [0.25, 0.3) is 0 Å². The Morgan fingerprint density at radius 2 is 1.93 bits per heavy atom. The zero-order valence-corrected chi connectivity index (χ0v) is 10.9. The molecule has 0 saturated heterocycles. The summed E-state index contributed by atoms with van der Waals surface area (Å²) in [7, 11) is 0. The van der Waals surface area contributed by atoms with Crippen molar-refractivity contribution in [3.8, 4) is 0 Å². The van der Waals surface area contributed by atoms with Crippen LogP contribution in [0.3, 0.4) is 0 Å². The summed E-state index contributed by atoms with van der Waals surface area (Å²) in [4.78, 5) is 5.99. The predicted molar refractivity (Wildman–Crippen MR) is 64.3 cm³/mol. The van der Waals surface area contributed by atoms with Gasteiger partial charge in [0.2, 0.25) is 0 Å². The summed E-state index contributed by atoms with van der Waals surface area (Å²) in [5.41, 5.74) is 1.26. The Kier molecular flexibility index (Phi) is 4.39. The Hall–Kier alpha value is -0.0800. The van der Waals surface area contributed by atoms with Crippen molar-refractivity contribution >= 4 is 22.9 Å². The minimum absolute atomic E-state index is 0.544. The molecule has 0 radical (unpaired) electrons. The van der Waals surface area contributed by atoms with Crippen LogP contribution in [-0.4, -0.2) is 4.98 Å². The van der Waals surface area contributed by atoms with E-state index < -0.39 is 0 Å². The first-order chi connectivity index (χ1) is 6.54. The second-order valence-electron chi connectivity index (χ2n) is 4.30. The van der Waals surface area contributed by atoms with Gasteiger partial charge in [-0.15, -0.1) is 22.9 Å². The van der Waals surface area contributed by atoms with Gasteiger partial charge in [0.25, 0.3) is 0 Å². The molecule has 0 atom stereocenters. The predicted octanol–water partition coefficient (Wildman–Crippen LogP) is 4.20. The molecule has 0 spiro atoms. The molecule has 0 fully saturated rings. The normalized spacial score (nSPS) is 11.6. The molecule has 14 heavy (non-hydrogen) atoms. The van der Waals surface area contributed by atoms with Gasteiger partial charge in [0.05, 0.1) is 11.6 Å². The molecule has 0 bridgehead atoms. The molecule has 0 N–H and O–H groups in total. The number of rotatable bonds is 4. The fraction of sp³-hybridized carbons (Fsp3) is 0.727. The van der Waals surface area contributed by atoms with Crippen molar-refractivity contribution in [1.82, 2.24) is 4.98 Å². The quantitative estimate of drug-likeness (QED) is 0.708. The first-order valence-corrected chi connectivity index (χ1v) is 6.44. The van der Waals surface area contributed by atoms with Crippen LogP contribution < -0.4 is 0 Å². The van der Waals surface area contributed by atoms with E-state index in [0.29, 0.717) is 17.7 Å². The van der Waals surface area contributed by atoms with Crippen LogP contribution in [0.5, 0.6) is 0 Å². The van der Waals surface area contributed by atoms with E-state index in [1.165, 1.54) is 10.6 Å². The van der Waals surface area contributed by atoms with Gasteiger partial charge < -0.3 is 0 Å². The van der Waals surface area contributed by atoms with E-state index in [4.69, 9.17) is 11.6 Å². The average molecular weight is 232 g/mol. The van der Waals surface area contributed by atoms with Crippen LogP contribution in [0.4, 0.5) is 0 Å².